The quantitative estimate of drug-likeness (QED) is 0.808. The van der Waals surface area contributed by atoms with E-state index in [0.29, 0.717) is 12.4 Å². The van der Waals surface area contributed by atoms with E-state index in [4.69, 9.17) is 4.98 Å². The summed E-state index contributed by atoms with van der Waals surface area (Å²) in [5.41, 5.74) is 2.11. The fourth-order valence-corrected chi connectivity index (χ4v) is 4.50. The molecular formula is C14H24N6O2S. The molecule has 2 aliphatic rings. The van der Waals surface area contributed by atoms with E-state index in [1.807, 2.05) is 7.05 Å². The molecule has 3 rings (SSSR count). The summed E-state index contributed by atoms with van der Waals surface area (Å²) in [4.78, 5) is 9.33. The van der Waals surface area contributed by atoms with Crippen LogP contribution in [0.15, 0.2) is 0 Å². The van der Waals surface area contributed by atoms with Crippen molar-refractivity contribution >= 4 is 16.0 Å². The van der Waals surface area contributed by atoms with Gasteiger partial charge in [0.2, 0.25) is 0 Å². The van der Waals surface area contributed by atoms with Crippen LogP contribution in [0.5, 0.6) is 0 Å². The fraction of sp³-hybridized carbons (Fsp3) is 0.714. The van der Waals surface area contributed by atoms with Gasteiger partial charge in [-0.3, -0.25) is 0 Å². The van der Waals surface area contributed by atoms with Crippen molar-refractivity contribution in [1.82, 2.24) is 23.9 Å². The third kappa shape index (κ3) is 2.93. The summed E-state index contributed by atoms with van der Waals surface area (Å²) >= 11 is 0. The number of fused-ring (bicyclic) bond motifs is 1. The summed E-state index contributed by atoms with van der Waals surface area (Å²) in [6.45, 7) is 2.15. The topological polar surface area (TPSA) is 90.5 Å². The van der Waals surface area contributed by atoms with E-state index in [1.54, 1.807) is 14.1 Å². The molecule has 0 spiro atoms. The standard InChI is InChI=1S/C14H24N6O2S/c1-15-13-10-9-16-7-6-11(10)17-14(18-13)12-5-4-8-20(12)23(21,22)19(2)3/h12,16H,4-9H2,1-3H3,(H,15,17,18)/t12-/m0/s1. The fourth-order valence-electron chi connectivity index (χ4n) is 3.20. The minimum absolute atomic E-state index is 0.283. The smallest absolute Gasteiger partial charge is 0.282 e. The van der Waals surface area contributed by atoms with Crippen LogP contribution in [0.3, 0.4) is 0 Å². The Hall–Kier alpha value is -1.29. The molecule has 8 nitrogen and oxygen atoms in total. The van der Waals surface area contributed by atoms with Crippen molar-refractivity contribution in [2.75, 3.05) is 39.5 Å². The monoisotopic (exact) mass is 340 g/mol. The van der Waals surface area contributed by atoms with Gasteiger partial charge in [0.25, 0.3) is 10.2 Å². The first kappa shape index (κ1) is 16.6. The van der Waals surface area contributed by atoms with Crippen LogP contribution in [-0.2, 0) is 23.2 Å². The lowest BCUT2D eigenvalue weighted by atomic mass is 10.1. The van der Waals surface area contributed by atoms with Crippen molar-refractivity contribution in [3.8, 4) is 0 Å². The maximum atomic E-state index is 12.5. The van der Waals surface area contributed by atoms with Gasteiger partial charge in [0.1, 0.15) is 11.6 Å². The first-order chi connectivity index (χ1) is 10.9. The van der Waals surface area contributed by atoms with Crippen molar-refractivity contribution < 1.29 is 8.42 Å². The molecule has 1 fully saturated rings. The molecule has 0 aliphatic carbocycles. The van der Waals surface area contributed by atoms with Crippen molar-refractivity contribution in [3.05, 3.63) is 17.1 Å². The number of aromatic nitrogens is 2. The van der Waals surface area contributed by atoms with Crippen LogP contribution in [0.25, 0.3) is 0 Å². The molecule has 1 aromatic heterocycles. The van der Waals surface area contributed by atoms with Gasteiger partial charge >= 0.3 is 0 Å². The maximum absolute atomic E-state index is 12.5. The zero-order chi connectivity index (χ0) is 16.6. The number of hydrogen-bond acceptors (Lipinski definition) is 6. The van der Waals surface area contributed by atoms with E-state index in [0.717, 1.165) is 49.4 Å². The summed E-state index contributed by atoms with van der Waals surface area (Å²) in [5.74, 6) is 1.41. The Balaban J connectivity index is 2.01. The van der Waals surface area contributed by atoms with Gasteiger partial charge in [-0.2, -0.15) is 17.0 Å². The second-order valence-corrected chi connectivity index (χ2v) is 8.19. The average Bonchev–Trinajstić information content (AvgIpc) is 3.04. The molecule has 2 N–H and O–H groups in total. The SMILES string of the molecule is CNc1nc([C@@H]2CCCN2S(=O)(=O)N(C)C)nc2c1CNCC2. The summed E-state index contributed by atoms with van der Waals surface area (Å²) in [7, 11) is 1.49. The lowest BCUT2D eigenvalue weighted by molar-refractivity contribution is 0.352. The minimum atomic E-state index is -3.46. The Bertz CT molecular complexity index is 674. The first-order valence-electron chi connectivity index (χ1n) is 7.92. The first-order valence-corrected chi connectivity index (χ1v) is 9.32. The van der Waals surface area contributed by atoms with Crippen molar-refractivity contribution in [2.24, 2.45) is 0 Å². The lowest BCUT2D eigenvalue weighted by Gasteiger charge is -2.27. The van der Waals surface area contributed by atoms with Crippen molar-refractivity contribution in [2.45, 2.75) is 31.8 Å². The van der Waals surface area contributed by atoms with E-state index < -0.39 is 10.2 Å². The summed E-state index contributed by atoms with van der Waals surface area (Å²) in [6.07, 6.45) is 2.43. The van der Waals surface area contributed by atoms with Crippen molar-refractivity contribution in [3.63, 3.8) is 0 Å². The molecule has 0 amide bonds. The number of rotatable bonds is 4. The van der Waals surface area contributed by atoms with Crippen LogP contribution < -0.4 is 10.6 Å². The molecule has 23 heavy (non-hydrogen) atoms. The van der Waals surface area contributed by atoms with Gasteiger partial charge < -0.3 is 10.6 Å². The summed E-state index contributed by atoms with van der Waals surface area (Å²) < 4.78 is 27.8. The third-order valence-corrected chi connectivity index (χ3v) is 6.40. The molecule has 0 bridgehead atoms. The Labute approximate surface area is 137 Å². The maximum Gasteiger partial charge on any atom is 0.282 e. The highest BCUT2D eigenvalue weighted by Crippen LogP contribution is 2.34. The van der Waals surface area contributed by atoms with E-state index in [9.17, 15) is 8.42 Å². The van der Waals surface area contributed by atoms with Crippen LogP contribution in [-0.4, -0.2) is 61.2 Å². The number of anilines is 1. The van der Waals surface area contributed by atoms with E-state index in [2.05, 4.69) is 15.6 Å². The lowest BCUT2D eigenvalue weighted by Crippen LogP contribution is -2.40. The van der Waals surface area contributed by atoms with Gasteiger partial charge in [-0.15, -0.1) is 0 Å². The molecule has 0 unspecified atom stereocenters. The van der Waals surface area contributed by atoms with Crippen LogP contribution >= 0.6 is 0 Å². The predicted octanol–water partition coefficient (Wildman–Crippen LogP) is 0.107. The van der Waals surface area contributed by atoms with Crippen LogP contribution in [0.2, 0.25) is 0 Å². The van der Waals surface area contributed by atoms with Gasteiger partial charge in [0.15, 0.2) is 0 Å². The largest absolute Gasteiger partial charge is 0.373 e. The van der Waals surface area contributed by atoms with Crippen molar-refractivity contribution in [1.29, 1.82) is 0 Å². The van der Waals surface area contributed by atoms with Gasteiger partial charge in [0.05, 0.1) is 11.7 Å². The predicted molar refractivity (Wildman–Crippen MR) is 88.3 cm³/mol. The van der Waals surface area contributed by atoms with Crippen LogP contribution in [0, 0.1) is 0 Å². The Morgan fingerprint density at radius 2 is 2.13 bits per heavy atom. The number of nitrogens with one attached hydrogen (secondary N) is 2. The molecule has 0 saturated carbocycles. The highest BCUT2D eigenvalue weighted by Gasteiger charge is 2.38. The molecule has 9 heteroatoms. The van der Waals surface area contributed by atoms with Gasteiger partial charge in [-0.1, -0.05) is 0 Å². The normalized spacial score (nSPS) is 22.3. The van der Waals surface area contributed by atoms with E-state index in [1.165, 1.54) is 8.61 Å². The summed E-state index contributed by atoms with van der Waals surface area (Å²) in [6, 6.07) is -0.283. The Kier molecular flexibility index (Phi) is 4.54. The second-order valence-electron chi connectivity index (χ2n) is 6.09. The molecule has 0 aromatic carbocycles. The van der Waals surface area contributed by atoms with Crippen LogP contribution in [0.1, 0.15) is 36.0 Å². The van der Waals surface area contributed by atoms with E-state index in [-0.39, 0.29) is 6.04 Å². The minimum Gasteiger partial charge on any atom is -0.373 e. The molecule has 1 saturated heterocycles. The molecule has 2 aliphatic heterocycles. The van der Waals surface area contributed by atoms with Crippen LogP contribution in [0.4, 0.5) is 5.82 Å². The Morgan fingerprint density at radius 3 is 2.83 bits per heavy atom. The highest BCUT2D eigenvalue weighted by molar-refractivity contribution is 7.86. The summed E-state index contributed by atoms with van der Waals surface area (Å²) in [5, 5.41) is 6.45. The highest BCUT2D eigenvalue weighted by atomic mass is 32.2. The third-order valence-electron chi connectivity index (χ3n) is 4.45. The molecular weight excluding hydrogens is 316 g/mol. The van der Waals surface area contributed by atoms with Gasteiger partial charge in [-0.05, 0) is 12.8 Å². The number of nitrogens with zero attached hydrogens (tertiary/aromatic N) is 4. The molecule has 1 aromatic rings. The average molecular weight is 340 g/mol. The zero-order valence-electron chi connectivity index (χ0n) is 13.8. The van der Waals surface area contributed by atoms with Gasteiger partial charge in [-0.25, -0.2) is 9.97 Å². The molecule has 1 atom stereocenters. The van der Waals surface area contributed by atoms with E-state index >= 15 is 0 Å². The Morgan fingerprint density at radius 1 is 1.35 bits per heavy atom. The molecule has 3 heterocycles. The number of hydrogen-bond donors (Lipinski definition) is 2. The van der Waals surface area contributed by atoms with Gasteiger partial charge in [0, 0.05) is 52.8 Å². The zero-order valence-corrected chi connectivity index (χ0v) is 14.7. The second kappa shape index (κ2) is 6.31. The molecule has 128 valence electrons. The molecule has 0 radical (unpaired) electrons.